The van der Waals surface area contributed by atoms with Gasteiger partial charge in [0, 0.05) is 6.08 Å². The lowest BCUT2D eigenvalue weighted by atomic mass is 10.0. The monoisotopic (exact) mass is 232 g/mol. The standard InChI is InChI=1S/C13H12O4/c1-2-17-13(16)11-8-4-3-6-10(11)7-5-9-12(14)15/h2-6,8-9H,1,7H2,(H,14,15)/b9-5+. The smallest absolute Gasteiger partial charge is 0.343 e. The van der Waals surface area contributed by atoms with E-state index in [1.165, 1.54) is 6.08 Å². The fourth-order valence-corrected chi connectivity index (χ4v) is 1.32. The number of carboxylic acids is 1. The molecule has 0 aliphatic carbocycles. The van der Waals surface area contributed by atoms with Gasteiger partial charge in [-0.15, -0.1) is 0 Å². The summed E-state index contributed by atoms with van der Waals surface area (Å²) in [5.74, 6) is -1.52. The second-order valence-electron chi connectivity index (χ2n) is 3.17. The van der Waals surface area contributed by atoms with Crippen LogP contribution < -0.4 is 0 Å². The van der Waals surface area contributed by atoms with E-state index in [2.05, 4.69) is 11.3 Å². The summed E-state index contributed by atoms with van der Waals surface area (Å²) in [6, 6.07) is 6.85. The first-order valence-corrected chi connectivity index (χ1v) is 4.94. The molecule has 0 radical (unpaired) electrons. The van der Waals surface area contributed by atoms with Gasteiger partial charge in [-0.1, -0.05) is 30.9 Å². The van der Waals surface area contributed by atoms with Crippen LogP contribution >= 0.6 is 0 Å². The lowest BCUT2D eigenvalue weighted by Crippen LogP contribution is -2.04. The zero-order chi connectivity index (χ0) is 12.7. The van der Waals surface area contributed by atoms with Crippen LogP contribution in [0.1, 0.15) is 15.9 Å². The number of rotatable bonds is 5. The van der Waals surface area contributed by atoms with Gasteiger partial charge in [0.2, 0.25) is 0 Å². The van der Waals surface area contributed by atoms with Crippen LogP contribution in [-0.2, 0) is 16.0 Å². The van der Waals surface area contributed by atoms with E-state index in [-0.39, 0.29) is 0 Å². The minimum atomic E-state index is -1.02. The molecule has 1 aromatic rings. The second kappa shape index (κ2) is 6.27. The summed E-state index contributed by atoms with van der Waals surface area (Å²) < 4.78 is 4.68. The van der Waals surface area contributed by atoms with Crippen LogP contribution in [0.2, 0.25) is 0 Å². The van der Waals surface area contributed by atoms with Crippen LogP contribution in [0.15, 0.2) is 49.3 Å². The van der Waals surface area contributed by atoms with Crippen LogP contribution in [0, 0.1) is 0 Å². The Labute approximate surface area is 98.8 Å². The topological polar surface area (TPSA) is 63.6 Å². The number of esters is 1. The van der Waals surface area contributed by atoms with Crippen LogP contribution in [0.25, 0.3) is 0 Å². The number of hydrogen-bond acceptors (Lipinski definition) is 3. The molecule has 0 amide bonds. The molecule has 4 nitrogen and oxygen atoms in total. The lowest BCUT2D eigenvalue weighted by molar-refractivity contribution is -0.131. The Kier molecular flexibility index (Phi) is 4.69. The fraction of sp³-hybridized carbons (Fsp3) is 0.0769. The van der Waals surface area contributed by atoms with Gasteiger partial charge in [0.05, 0.1) is 11.8 Å². The van der Waals surface area contributed by atoms with Crippen molar-refractivity contribution >= 4 is 11.9 Å². The molecule has 0 saturated heterocycles. The first-order valence-electron chi connectivity index (χ1n) is 4.94. The average molecular weight is 232 g/mol. The van der Waals surface area contributed by atoms with Gasteiger partial charge < -0.3 is 9.84 Å². The second-order valence-corrected chi connectivity index (χ2v) is 3.17. The first kappa shape index (κ1) is 12.7. The summed E-state index contributed by atoms with van der Waals surface area (Å²) in [5.41, 5.74) is 1.11. The molecule has 1 aromatic carbocycles. The largest absolute Gasteiger partial charge is 0.478 e. The third-order valence-electron chi connectivity index (χ3n) is 2.03. The molecule has 0 aromatic heterocycles. The van der Waals surface area contributed by atoms with Crippen molar-refractivity contribution in [2.75, 3.05) is 0 Å². The Hall–Kier alpha value is -2.36. The van der Waals surface area contributed by atoms with Crippen molar-refractivity contribution in [3.05, 3.63) is 60.4 Å². The molecule has 0 unspecified atom stereocenters. The minimum absolute atomic E-state index is 0.356. The van der Waals surface area contributed by atoms with Crippen molar-refractivity contribution in [3.8, 4) is 0 Å². The SMILES string of the molecule is C=COC(=O)c1ccccc1C/C=C/C(=O)O. The average Bonchev–Trinajstić information content (AvgIpc) is 2.29. The molecule has 0 aliphatic heterocycles. The van der Waals surface area contributed by atoms with E-state index >= 15 is 0 Å². The number of allylic oxidation sites excluding steroid dienone is 1. The van der Waals surface area contributed by atoms with E-state index in [1.54, 1.807) is 24.3 Å². The van der Waals surface area contributed by atoms with Crippen LogP contribution in [-0.4, -0.2) is 17.0 Å². The predicted octanol–water partition coefficient (Wildman–Crippen LogP) is 2.17. The van der Waals surface area contributed by atoms with Gasteiger partial charge in [-0.2, -0.15) is 0 Å². The van der Waals surface area contributed by atoms with Crippen LogP contribution in [0.5, 0.6) is 0 Å². The Morgan fingerprint density at radius 1 is 1.35 bits per heavy atom. The molecular weight excluding hydrogens is 220 g/mol. The minimum Gasteiger partial charge on any atom is -0.478 e. The van der Waals surface area contributed by atoms with Crippen LogP contribution in [0.4, 0.5) is 0 Å². The molecule has 17 heavy (non-hydrogen) atoms. The molecule has 1 rings (SSSR count). The highest BCUT2D eigenvalue weighted by Gasteiger charge is 2.09. The quantitative estimate of drug-likeness (QED) is 0.480. The Morgan fingerprint density at radius 2 is 2.06 bits per heavy atom. The normalized spacial score (nSPS) is 10.1. The fourth-order valence-electron chi connectivity index (χ4n) is 1.32. The third kappa shape index (κ3) is 3.95. The Morgan fingerprint density at radius 3 is 2.71 bits per heavy atom. The van der Waals surface area contributed by atoms with Crippen molar-refractivity contribution in [1.82, 2.24) is 0 Å². The van der Waals surface area contributed by atoms with Gasteiger partial charge in [0.25, 0.3) is 0 Å². The summed E-state index contributed by atoms with van der Waals surface area (Å²) in [4.78, 5) is 21.8. The molecule has 0 bridgehead atoms. The molecule has 0 spiro atoms. The first-order chi connectivity index (χ1) is 8.15. The Balaban J connectivity index is 2.88. The molecule has 88 valence electrons. The molecule has 0 saturated carbocycles. The van der Waals surface area contributed by atoms with Gasteiger partial charge in [0.1, 0.15) is 0 Å². The van der Waals surface area contributed by atoms with Gasteiger partial charge in [-0.05, 0) is 18.1 Å². The van der Waals surface area contributed by atoms with E-state index in [4.69, 9.17) is 5.11 Å². The van der Waals surface area contributed by atoms with Gasteiger partial charge in [0.15, 0.2) is 0 Å². The number of carbonyl (C=O) groups excluding carboxylic acids is 1. The zero-order valence-corrected chi connectivity index (χ0v) is 9.13. The summed E-state index contributed by atoms with van der Waals surface area (Å²) in [6.45, 7) is 3.31. The molecular formula is C13H12O4. The van der Waals surface area contributed by atoms with E-state index in [0.29, 0.717) is 17.5 Å². The summed E-state index contributed by atoms with van der Waals surface area (Å²) in [7, 11) is 0. The molecule has 1 N–H and O–H groups in total. The van der Waals surface area contributed by atoms with E-state index in [1.807, 2.05) is 0 Å². The highest BCUT2D eigenvalue weighted by atomic mass is 16.5. The van der Waals surface area contributed by atoms with Crippen molar-refractivity contribution in [2.45, 2.75) is 6.42 Å². The number of ether oxygens (including phenoxy) is 1. The van der Waals surface area contributed by atoms with Crippen molar-refractivity contribution in [3.63, 3.8) is 0 Å². The zero-order valence-electron chi connectivity index (χ0n) is 9.13. The molecule has 0 aliphatic rings. The maximum atomic E-state index is 11.5. The van der Waals surface area contributed by atoms with Crippen molar-refractivity contribution in [1.29, 1.82) is 0 Å². The molecule has 0 atom stereocenters. The van der Waals surface area contributed by atoms with Crippen molar-refractivity contribution < 1.29 is 19.4 Å². The lowest BCUT2D eigenvalue weighted by Gasteiger charge is -2.04. The van der Waals surface area contributed by atoms with Crippen molar-refractivity contribution in [2.24, 2.45) is 0 Å². The summed E-state index contributed by atoms with van der Waals surface area (Å²) in [5, 5.41) is 8.46. The number of carboxylic acid groups (broad SMARTS) is 1. The summed E-state index contributed by atoms with van der Waals surface area (Å²) >= 11 is 0. The maximum absolute atomic E-state index is 11.5. The number of hydrogen-bond donors (Lipinski definition) is 1. The summed E-state index contributed by atoms with van der Waals surface area (Å²) in [6.07, 6.45) is 3.93. The van der Waals surface area contributed by atoms with Crippen LogP contribution in [0.3, 0.4) is 0 Å². The predicted molar refractivity (Wildman–Crippen MR) is 62.5 cm³/mol. The number of carbonyl (C=O) groups is 2. The maximum Gasteiger partial charge on any atom is 0.343 e. The van der Waals surface area contributed by atoms with Gasteiger partial charge >= 0.3 is 11.9 Å². The number of aliphatic carboxylic acids is 1. The molecule has 0 heterocycles. The Bertz CT molecular complexity index is 460. The highest BCUT2D eigenvalue weighted by Crippen LogP contribution is 2.11. The van der Waals surface area contributed by atoms with Gasteiger partial charge in [-0.25, -0.2) is 9.59 Å². The number of benzene rings is 1. The van der Waals surface area contributed by atoms with Gasteiger partial charge in [-0.3, -0.25) is 0 Å². The van der Waals surface area contributed by atoms with E-state index in [0.717, 1.165) is 12.3 Å². The van der Waals surface area contributed by atoms with E-state index < -0.39 is 11.9 Å². The molecule has 4 heteroatoms. The van der Waals surface area contributed by atoms with E-state index in [9.17, 15) is 9.59 Å². The highest BCUT2D eigenvalue weighted by molar-refractivity contribution is 5.91. The molecule has 0 fully saturated rings. The third-order valence-corrected chi connectivity index (χ3v) is 2.03.